The van der Waals surface area contributed by atoms with Crippen molar-refractivity contribution in [2.75, 3.05) is 7.11 Å². The van der Waals surface area contributed by atoms with Gasteiger partial charge in [-0.3, -0.25) is 4.79 Å². The highest BCUT2D eigenvalue weighted by atomic mass is 19.1. The molecule has 0 aromatic heterocycles. The first kappa shape index (κ1) is 17.8. The van der Waals surface area contributed by atoms with E-state index in [4.69, 9.17) is 9.47 Å². The molecule has 0 aliphatic heterocycles. The molecule has 0 saturated heterocycles. The van der Waals surface area contributed by atoms with E-state index in [1.165, 1.54) is 25.3 Å². The molecule has 0 spiro atoms. The van der Waals surface area contributed by atoms with Crippen LogP contribution < -0.4 is 14.8 Å². The molecule has 24 heavy (non-hydrogen) atoms. The van der Waals surface area contributed by atoms with Gasteiger partial charge in [-0.2, -0.15) is 0 Å². The van der Waals surface area contributed by atoms with E-state index in [1.807, 2.05) is 45.0 Å². The molecule has 5 heteroatoms. The quantitative estimate of drug-likeness (QED) is 0.866. The minimum atomic E-state index is -0.565. The van der Waals surface area contributed by atoms with Crippen molar-refractivity contribution in [3.63, 3.8) is 0 Å². The highest BCUT2D eigenvalue weighted by Crippen LogP contribution is 2.21. The zero-order valence-electron chi connectivity index (χ0n) is 14.3. The summed E-state index contributed by atoms with van der Waals surface area (Å²) in [6.07, 6.45) is 0.0763. The van der Waals surface area contributed by atoms with Gasteiger partial charge in [0.25, 0.3) is 5.91 Å². The van der Waals surface area contributed by atoms with Gasteiger partial charge in [0.05, 0.1) is 19.3 Å². The van der Waals surface area contributed by atoms with Crippen LogP contribution in [0.15, 0.2) is 42.5 Å². The molecule has 1 N–H and O–H groups in total. The lowest BCUT2D eigenvalue weighted by molar-refractivity contribution is 0.0939. The average molecular weight is 331 g/mol. The van der Waals surface area contributed by atoms with Crippen LogP contribution in [0.1, 0.15) is 42.7 Å². The second kappa shape index (κ2) is 7.81. The van der Waals surface area contributed by atoms with Crippen molar-refractivity contribution < 1.29 is 18.7 Å². The Kier molecular flexibility index (Phi) is 5.79. The number of carbonyl (C=O) groups excluding carboxylic acids is 1. The Hall–Kier alpha value is -2.56. The van der Waals surface area contributed by atoms with E-state index in [1.54, 1.807) is 0 Å². The van der Waals surface area contributed by atoms with Crippen LogP contribution in [-0.2, 0) is 0 Å². The molecule has 0 heterocycles. The number of hydrogen-bond acceptors (Lipinski definition) is 3. The molecule has 1 amide bonds. The maximum Gasteiger partial charge on any atom is 0.251 e. The number of halogens is 1. The number of ether oxygens (including phenoxy) is 2. The van der Waals surface area contributed by atoms with Crippen molar-refractivity contribution in [2.45, 2.75) is 32.9 Å². The molecule has 0 radical (unpaired) electrons. The van der Waals surface area contributed by atoms with E-state index in [0.29, 0.717) is 0 Å². The SMILES string of the molecule is COc1ccc(C(=O)NC(C)c2cccc(OC(C)C)c2)cc1F. The molecule has 2 rings (SSSR count). The van der Waals surface area contributed by atoms with E-state index in [9.17, 15) is 9.18 Å². The van der Waals surface area contributed by atoms with Crippen LogP contribution in [0.2, 0.25) is 0 Å². The lowest BCUT2D eigenvalue weighted by atomic mass is 10.1. The summed E-state index contributed by atoms with van der Waals surface area (Å²) in [7, 11) is 1.38. The highest BCUT2D eigenvalue weighted by Gasteiger charge is 2.14. The number of methoxy groups -OCH3 is 1. The van der Waals surface area contributed by atoms with Crippen molar-refractivity contribution in [3.8, 4) is 11.5 Å². The van der Waals surface area contributed by atoms with Gasteiger partial charge in [-0.1, -0.05) is 12.1 Å². The van der Waals surface area contributed by atoms with Gasteiger partial charge < -0.3 is 14.8 Å². The molecule has 2 aromatic rings. The third-order valence-corrected chi connectivity index (χ3v) is 3.49. The van der Waals surface area contributed by atoms with Crippen LogP contribution in [0.4, 0.5) is 4.39 Å². The van der Waals surface area contributed by atoms with E-state index in [-0.39, 0.29) is 29.4 Å². The number of carbonyl (C=O) groups is 1. The lowest BCUT2D eigenvalue weighted by Crippen LogP contribution is -2.26. The summed E-state index contributed by atoms with van der Waals surface area (Å²) in [4.78, 5) is 12.3. The zero-order chi connectivity index (χ0) is 17.7. The summed E-state index contributed by atoms with van der Waals surface area (Å²) >= 11 is 0. The van der Waals surface area contributed by atoms with Gasteiger partial charge in [0.1, 0.15) is 5.75 Å². The fourth-order valence-electron chi connectivity index (χ4n) is 2.30. The van der Waals surface area contributed by atoms with E-state index in [2.05, 4.69) is 5.32 Å². The largest absolute Gasteiger partial charge is 0.494 e. The van der Waals surface area contributed by atoms with Gasteiger partial charge in [-0.15, -0.1) is 0 Å². The minimum Gasteiger partial charge on any atom is -0.494 e. The normalized spacial score (nSPS) is 11.9. The first-order valence-electron chi connectivity index (χ1n) is 7.81. The predicted octanol–water partition coefficient (Wildman–Crippen LogP) is 4.11. The zero-order valence-corrected chi connectivity index (χ0v) is 14.3. The Bertz CT molecular complexity index is 716. The van der Waals surface area contributed by atoms with Gasteiger partial charge >= 0.3 is 0 Å². The molecule has 0 bridgehead atoms. The molecule has 128 valence electrons. The first-order chi connectivity index (χ1) is 11.4. The highest BCUT2D eigenvalue weighted by molar-refractivity contribution is 5.94. The summed E-state index contributed by atoms with van der Waals surface area (Å²) in [5, 5.41) is 2.86. The monoisotopic (exact) mass is 331 g/mol. The van der Waals surface area contributed by atoms with Crippen molar-refractivity contribution in [1.82, 2.24) is 5.32 Å². The van der Waals surface area contributed by atoms with Crippen molar-refractivity contribution >= 4 is 5.91 Å². The molecule has 4 nitrogen and oxygen atoms in total. The molecule has 0 saturated carbocycles. The Morgan fingerprint density at radius 1 is 1.12 bits per heavy atom. The second-order valence-corrected chi connectivity index (χ2v) is 5.78. The van der Waals surface area contributed by atoms with E-state index in [0.717, 1.165) is 11.3 Å². The van der Waals surface area contributed by atoms with Crippen LogP contribution in [0.5, 0.6) is 11.5 Å². The number of nitrogens with one attached hydrogen (secondary N) is 1. The molecule has 2 aromatic carbocycles. The third kappa shape index (κ3) is 4.47. The van der Waals surface area contributed by atoms with Crippen molar-refractivity contribution in [2.24, 2.45) is 0 Å². The Morgan fingerprint density at radius 3 is 2.50 bits per heavy atom. The van der Waals surface area contributed by atoms with Gasteiger partial charge in [-0.05, 0) is 56.7 Å². The van der Waals surface area contributed by atoms with E-state index >= 15 is 0 Å². The standard InChI is InChI=1S/C19H22FNO3/c1-12(2)24-16-7-5-6-14(10-16)13(3)21-19(22)15-8-9-18(23-4)17(20)11-15/h5-13H,1-4H3,(H,21,22). The molecule has 1 atom stereocenters. The Morgan fingerprint density at radius 2 is 1.88 bits per heavy atom. The van der Waals surface area contributed by atoms with Crippen LogP contribution >= 0.6 is 0 Å². The summed E-state index contributed by atoms with van der Waals surface area (Å²) < 4.78 is 24.2. The minimum absolute atomic E-state index is 0.0763. The number of amides is 1. The van der Waals surface area contributed by atoms with Crippen molar-refractivity contribution in [1.29, 1.82) is 0 Å². The topological polar surface area (TPSA) is 47.6 Å². The van der Waals surface area contributed by atoms with Gasteiger partial charge in [0.2, 0.25) is 0 Å². The molecule has 0 aliphatic rings. The van der Waals surface area contributed by atoms with Gasteiger partial charge in [0, 0.05) is 5.56 Å². The fraction of sp³-hybridized carbons (Fsp3) is 0.316. The molecule has 0 fully saturated rings. The van der Waals surface area contributed by atoms with Gasteiger partial charge in [0.15, 0.2) is 11.6 Å². The van der Waals surface area contributed by atoms with Crippen LogP contribution in [-0.4, -0.2) is 19.1 Å². The number of hydrogen-bond donors (Lipinski definition) is 1. The van der Waals surface area contributed by atoms with Crippen LogP contribution in [0.25, 0.3) is 0 Å². The summed E-state index contributed by atoms with van der Waals surface area (Å²) in [5.74, 6) is -0.0541. The maximum atomic E-state index is 13.7. The summed E-state index contributed by atoms with van der Waals surface area (Å²) in [6, 6.07) is 11.4. The molecule has 1 unspecified atom stereocenters. The predicted molar refractivity (Wildman–Crippen MR) is 91.0 cm³/mol. The lowest BCUT2D eigenvalue weighted by Gasteiger charge is -2.17. The average Bonchev–Trinajstić information content (AvgIpc) is 2.54. The molecule has 0 aliphatic carbocycles. The van der Waals surface area contributed by atoms with Crippen LogP contribution in [0, 0.1) is 5.82 Å². The fourth-order valence-corrected chi connectivity index (χ4v) is 2.30. The number of benzene rings is 2. The second-order valence-electron chi connectivity index (χ2n) is 5.78. The third-order valence-electron chi connectivity index (χ3n) is 3.49. The Balaban J connectivity index is 2.10. The van der Waals surface area contributed by atoms with Crippen LogP contribution in [0.3, 0.4) is 0 Å². The first-order valence-corrected chi connectivity index (χ1v) is 7.81. The molecular formula is C19H22FNO3. The maximum absolute atomic E-state index is 13.7. The summed E-state index contributed by atoms with van der Waals surface area (Å²) in [6.45, 7) is 5.78. The van der Waals surface area contributed by atoms with Crippen molar-refractivity contribution in [3.05, 3.63) is 59.4 Å². The smallest absolute Gasteiger partial charge is 0.251 e. The van der Waals surface area contributed by atoms with E-state index < -0.39 is 5.82 Å². The summed E-state index contributed by atoms with van der Waals surface area (Å²) in [5.41, 5.74) is 1.16. The van der Waals surface area contributed by atoms with Gasteiger partial charge in [-0.25, -0.2) is 4.39 Å². The number of rotatable bonds is 6. The molecular weight excluding hydrogens is 309 g/mol. The Labute approximate surface area is 141 Å².